The first-order valence-corrected chi connectivity index (χ1v) is 6.73. The van der Waals surface area contributed by atoms with E-state index in [9.17, 15) is 18.3 Å². The summed E-state index contributed by atoms with van der Waals surface area (Å²) in [4.78, 5) is 0. The monoisotopic (exact) mass is 294 g/mol. The highest BCUT2D eigenvalue weighted by atomic mass is 19.4. The van der Waals surface area contributed by atoms with Crippen LogP contribution < -0.4 is 0 Å². The molecule has 0 spiro atoms. The van der Waals surface area contributed by atoms with Crippen LogP contribution >= 0.6 is 0 Å². The van der Waals surface area contributed by atoms with Crippen LogP contribution in [-0.4, -0.2) is 5.11 Å². The Kier molecular flexibility index (Phi) is 4.37. The molecule has 0 unspecified atom stereocenters. The standard InChI is InChI=1S/C17H17F3O/c1-11(2)13-4-3-5-14(8-13)15-6-12(10-21)7-16(9-15)17(18,19)20/h3-9,11,21H,10H2,1-2H3. The van der Waals surface area contributed by atoms with Crippen molar-refractivity contribution in [1.29, 1.82) is 0 Å². The second-order valence-corrected chi connectivity index (χ2v) is 5.35. The summed E-state index contributed by atoms with van der Waals surface area (Å²) in [5, 5.41) is 9.17. The zero-order chi connectivity index (χ0) is 15.6. The maximum atomic E-state index is 12.9. The van der Waals surface area contributed by atoms with Gasteiger partial charge >= 0.3 is 6.18 Å². The smallest absolute Gasteiger partial charge is 0.392 e. The van der Waals surface area contributed by atoms with Crippen molar-refractivity contribution in [2.75, 3.05) is 0 Å². The van der Waals surface area contributed by atoms with Gasteiger partial charge in [-0.1, -0.05) is 38.1 Å². The van der Waals surface area contributed by atoms with E-state index in [1.807, 2.05) is 32.0 Å². The molecular formula is C17H17F3O. The number of alkyl halides is 3. The number of hydrogen-bond donors (Lipinski definition) is 1. The Balaban J connectivity index is 2.55. The molecule has 0 aliphatic rings. The normalized spacial score (nSPS) is 12.0. The van der Waals surface area contributed by atoms with Crippen molar-refractivity contribution in [2.45, 2.75) is 32.5 Å². The van der Waals surface area contributed by atoms with Gasteiger partial charge in [-0.05, 0) is 46.4 Å². The molecule has 0 aliphatic carbocycles. The molecule has 4 heteroatoms. The molecule has 0 saturated heterocycles. The molecule has 0 aromatic heterocycles. The molecule has 1 nitrogen and oxygen atoms in total. The number of halogens is 3. The lowest BCUT2D eigenvalue weighted by molar-refractivity contribution is -0.137. The van der Waals surface area contributed by atoms with Gasteiger partial charge in [0.15, 0.2) is 0 Å². The second kappa shape index (κ2) is 5.90. The topological polar surface area (TPSA) is 20.2 Å². The predicted molar refractivity (Wildman–Crippen MR) is 76.9 cm³/mol. The van der Waals surface area contributed by atoms with Crippen molar-refractivity contribution in [2.24, 2.45) is 0 Å². The van der Waals surface area contributed by atoms with Crippen LogP contribution in [0.1, 0.15) is 36.5 Å². The Morgan fingerprint density at radius 1 is 1.00 bits per heavy atom. The maximum absolute atomic E-state index is 12.9. The van der Waals surface area contributed by atoms with Crippen molar-refractivity contribution < 1.29 is 18.3 Å². The molecule has 2 aromatic rings. The quantitative estimate of drug-likeness (QED) is 0.845. The van der Waals surface area contributed by atoms with Crippen LogP contribution in [0.5, 0.6) is 0 Å². The lowest BCUT2D eigenvalue weighted by atomic mass is 9.95. The third-order valence-corrected chi connectivity index (χ3v) is 3.39. The van der Waals surface area contributed by atoms with Gasteiger partial charge in [0.05, 0.1) is 12.2 Å². The van der Waals surface area contributed by atoms with Crippen LogP contribution in [0.3, 0.4) is 0 Å². The zero-order valence-electron chi connectivity index (χ0n) is 11.9. The summed E-state index contributed by atoms with van der Waals surface area (Å²) in [6.45, 7) is 3.65. The molecular weight excluding hydrogens is 277 g/mol. The minimum Gasteiger partial charge on any atom is -0.392 e. The van der Waals surface area contributed by atoms with Crippen molar-refractivity contribution in [3.8, 4) is 11.1 Å². The average molecular weight is 294 g/mol. The minimum atomic E-state index is -4.42. The fraction of sp³-hybridized carbons (Fsp3) is 0.294. The molecule has 2 aromatic carbocycles. The molecule has 112 valence electrons. The van der Waals surface area contributed by atoms with Gasteiger partial charge in [0.1, 0.15) is 0 Å². The molecule has 0 amide bonds. The van der Waals surface area contributed by atoms with Gasteiger partial charge in [-0.2, -0.15) is 13.2 Å². The van der Waals surface area contributed by atoms with Crippen LogP contribution in [0.2, 0.25) is 0 Å². The van der Waals surface area contributed by atoms with Crippen LogP contribution in [0.15, 0.2) is 42.5 Å². The Bertz CT molecular complexity index is 630. The van der Waals surface area contributed by atoms with E-state index in [0.717, 1.165) is 23.3 Å². The summed E-state index contributed by atoms with van der Waals surface area (Å²) in [5.41, 5.74) is 1.78. The summed E-state index contributed by atoms with van der Waals surface area (Å²) in [5.74, 6) is 0.299. The predicted octanol–water partition coefficient (Wildman–Crippen LogP) is 4.99. The summed E-state index contributed by atoms with van der Waals surface area (Å²) < 4.78 is 38.8. The van der Waals surface area contributed by atoms with Gasteiger partial charge in [0.25, 0.3) is 0 Å². The maximum Gasteiger partial charge on any atom is 0.416 e. The van der Waals surface area contributed by atoms with E-state index in [1.165, 1.54) is 0 Å². The summed E-state index contributed by atoms with van der Waals surface area (Å²) in [6, 6.07) is 11.2. The molecule has 0 heterocycles. The molecule has 2 rings (SSSR count). The van der Waals surface area contributed by atoms with Crippen LogP contribution in [0.4, 0.5) is 13.2 Å². The third kappa shape index (κ3) is 3.64. The molecule has 0 fully saturated rings. The van der Waals surface area contributed by atoms with Crippen molar-refractivity contribution in [3.05, 3.63) is 59.2 Å². The first kappa shape index (κ1) is 15.6. The Morgan fingerprint density at radius 2 is 1.71 bits per heavy atom. The highest BCUT2D eigenvalue weighted by Gasteiger charge is 2.31. The highest BCUT2D eigenvalue weighted by Crippen LogP contribution is 2.34. The number of benzene rings is 2. The van der Waals surface area contributed by atoms with Crippen molar-refractivity contribution >= 4 is 0 Å². The zero-order valence-corrected chi connectivity index (χ0v) is 11.9. The van der Waals surface area contributed by atoms with E-state index in [1.54, 1.807) is 12.1 Å². The SMILES string of the molecule is CC(C)c1cccc(-c2cc(CO)cc(C(F)(F)F)c2)c1. The molecule has 1 N–H and O–H groups in total. The third-order valence-electron chi connectivity index (χ3n) is 3.39. The first-order valence-electron chi connectivity index (χ1n) is 6.73. The van der Waals surface area contributed by atoms with E-state index in [0.29, 0.717) is 11.5 Å². The summed E-state index contributed by atoms with van der Waals surface area (Å²) in [6.07, 6.45) is -4.42. The van der Waals surface area contributed by atoms with E-state index in [2.05, 4.69) is 0 Å². The fourth-order valence-corrected chi connectivity index (χ4v) is 2.19. The fourth-order valence-electron chi connectivity index (χ4n) is 2.19. The van der Waals surface area contributed by atoms with E-state index >= 15 is 0 Å². The van der Waals surface area contributed by atoms with Gasteiger partial charge in [-0.25, -0.2) is 0 Å². The number of rotatable bonds is 3. The Hall–Kier alpha value is -1.81. The van der Waals surface area contributed by atoms with E-state index in [4.69, 9.17) is 0 Å². The molecule has 0 saturated carbocycles. The average Bonchev–Trinajstić information content (AvgIpc) is 2.46. The molecule has 21 heavy (non-hydrogen) atoms. The van der Waals surface area contributed by atoms with Gasteiger partial charge < -0.3 is 5.11 Å². The van der Waals surface area contributed by atoms with Crippen molar-refractivity contribution in [3.63, 3.8) is 0 Å². The minimum absolute atomic E-state index is 0.259. The Morgan fingerprint density at radius 3 is 2.29 bits per heavy atom. The van der Waals surface area contributed by atoms with Crippen molar-refractivity contribution in [1.82, 2.24) is 0 Å². The summed E-state index contributed by atoms with van der Waals surface area (Å²) >= 11 is 0. The van der Waals surface area contributed by atoms with E-state index in [-0.39, 0.29) is 5.56 Å². The largest absolute Gasteiger partial charge is 0.416 e. The lowest BCUT2D eigenvalue weighted by Gasteiger charge is -2.13. The number of hydrogen-bond acceptors (Lipinski definition) is 1. The van der Waals surface area contributed by atoms with Gasteiger partial charge in [-0.3, -0.25) is 0 Å². The van der Waals surface area contributed by atoms with Gasteiger partial charge in [0, 0.05) is 0 Å². The number of aliphatic hydroxyl groups excluding tert-OH is 1. The van der Waals surface area contributed by atoms with Gasteiger partial charge in [0.2, 0.25) is 0 Å². The van der Waals surface area contributed by atoms with Gasteiger partial charge in [-0.15, -0.1) is 0 Å². The molecule has 0 aliphatic heterocycles. The van der Waals surface area contributed by atoms with E-state index < -0.39 is 18.3 Å². The molecule has 0 radical (unpaired) electrons. The second-order valence-electron chi connectivity index (χ2n) is 5.35. The van der Waals surface area contributed by atoms with Crippen LogP contribution in [0, 0.1) is 0 Å². The Labute approximate surface area is 122 Å². The first-order chi connectivity index (χ1) is 9.81. The highest BCUT2D eigenvalue weighted by molar-refractivity contribution is 5.66. The summed E-state index contributed by atoms with van der Waals surface area (Å²) in [7, 11) is 0. The van der Waals surface area contributed by atoms with Crippen LogP contribution in [0.25, 0.3) is 11.1 Å². The molecule has 0 bridgehead atoms. The number of aliphatic hydroxyl groups is 1. The molecule has 0 atom stereocenters. The van der Waals surface area contributed by atoms with Crippen LogP contribution in [-0.2, 0) is 12.8 Å². The lowest BCUT2D eigenvalue weighted by Crippen LogP contribution is -2.06.